The third-order valence-corrected chi connectivity index (χ3v) is 2.99. The van der Waals surface area contributed by atoms with Gasteiger partial charge in [-0.1, -0.05) is 18.2 Å². The first-order valence-electron chi connectivity index (χ1n) is 6.80. The summed E-state index contributed by atoms with van der Waals surface area (Å²) in [5, 5.41) is 17.5. The molecule has 6 heteroatoms. The highest BCUT2D eigenvalue weighted by Gasteiger charge is 2.21. The molecule has 0 unspecified atom stereocenters. The van der Waals surface area contributed by atoms with Crippen LogP contribution in [-0.2, 0) is 4.79 Å². The van der Waals surface area contributed by atoms with E-state index in [9.17, 15) is 9.59 Å². The summed E-state index contributed by atoms with van der Waals surface area (Å²) in [7, 11) is 0. The molecule has 21 heavy (non-hydrogen) atoms. The maximum Gasteiger partial charge on any atom is 0.324 e. The van der Waals surface area contributed by atoms with E-state index in [0.717, 1.165) is 0 Å². The number of nitriles is 1. The highest BCUT2D eigenvalue weighted by Crippen LogP contribution is 2.16. The van der Waals surface area contributed by atoms with Crippen LogP contribution < -0.4 is 4.90 Å². The van der Waals surface area contributed by atoms with Gasteiger partial charge in [0.25, 0.3) is 0 Å². The highest BCUT2D eigenvalue weighted by atomic mass is 16.4. The minimum atomic E-state index is -0.940. The average Bonchev–Trinajstić information content (AvgIpc) is 2.49. The van der Waals surface area contributed by atoms with E-state index in [-0.39, 0.29) is 32.0 Å². The van der Waals surface area contributed by atoms with E-state index in [4.69, 9.17) is 10.4 Å². The molecule has 1 N–H and O–H groups in total. The first-order valence-corrected chi connectivity index (χ1v) is 6.80. The van der Waals surface area contributed by atoms with Crippen molar-refractivity contribution in [3.8, 4) is 6.07 Å². The zero-order valence-corrected chi connectivity index (χ0v) is 12.0. The molecule has 112 valence electrons. The predicted octanol–water partition coefficient (Wildman–Crippen LogP) is 2.32. The number of carbonyl (C=O) groups is 2. The van der Waals surface area contributed by atoms with E-state index in [1.165, 1.54) is 9.80 Å². The van der Waals surface area contributed by atoms with Gasteiger partial charge in [0, 0.05) is 25.3 Å². The van der Waals surface area contributed by atoms with E-state index in [1.54, 1.807) is 19.1 Å². The Bertz CT molecular complexity index is 511. The number of hydrogen-bond donors (Lipinski definition) is 1. The molecule has 0 atom stereocenters. The van der Waals surface area contributed by atoms with Crippen LogP contribution in [0.4, 0.5) is 10.5 Å². The summed E-state index contributed by atoms with van der Waals surface area (Å²) in [5.74, 6) is -0.940. The lowest BCUT2D eigenvalue weighted by molar-refractivity contribution is -0.137. The zero-order chi connectivity index (χ0) is 15.7. The molecule has 0 aliphatic carbocycles. The second kappa shape index (κ2) is 8.59. The number of nitrogens with zero attached hydrogens (tertiary/aromatic N) is 3. The molecule has 0 spiro atoms. The number of carboxylic acids is 1. The fourth-order valence-corrected chi connectivity index (χ4v) is 1.90. The summed E-state index contributed by atoms with van der Waals surface area (Å²) in [6.07, 6.45) is 0.123. The Morgan fingerprint density at radius 2 is 1.90 bits per heavy atom. The second-order valence-corrected chi connectivity index (χ2v) is 4.40. The summed E-state index contributed by atoms with van der Waals surface area (Å²) in [4.78, 5) is 26.2. The first kappa shape index (κ1) is 16.5. The van der Waals surface area contributed by atoms with Gasteiger partial charge >= 0.3 is 12.0 Å². The molecule has 0 saturated heterocycles. The lowest BCUT2D eigenvalue weighted by Gasteiger charge is -2.29. The number of carbonyl (C=O) groups excluding carboxylic acids is 1. The normalized spacial score (nSPS) is 9.71. The lowest BCUT2D eigenvalue weighted by atomic mass is 10.2. The van der Waals surface area contributed by atoms with Crippen molar-refractivity contribution >= 4 is 17.7 Å². The molecule has 0 aromatic heterocycles. The van der Waals surface area contributed by atoms with Gasteiger partial charge in [-0.3, -0.25) is 9.69 Å². The molecule has 6 nitrogen and oxygen atoms in total. The molecule has 1 rings (SSSR count). The summed E-state index contributed by atoms with van der Waals surface area (Å²) >= 11 is 0. The molecular weight excluding hydrogens is 270 g/mol. The minimum Gasteiger partial charge on any atom is -0.481 e. The zero-order valence-electron chi connectivity index (χ0n) is 12.0. The van der Waals surface area contributed by atoms with Crippen molar-refractivity contribution in [1.29, 1.82) is 5.26 Å². The maximum atomic E-state index is 12.5. The van der Waals surface area contributed by atoms with Gasteiger partial charge in [0.1, 0.15) is 0 Å². The molecular formula is C15H19N3O3. The number of aliphatic carboxylic acids is 1. The van der Waals surface area contributed by atoms with Gasteiger partial charge in [-0.25, -0.2) is 4.79 Å². The molecule has 1 aromatic rings. The second-order valence-electron chi connectivity index (χ2n) is 4.40. The number of anilines is 1. The Hall–Kier alpha value is -2.55. The van der Waals surface area contributed by atoms with E-state index in [1.807, 2.05) is 24.3 Å². The number of hydrogen-bond acceptors (Lipinski definition) is 3. The maximum absolute atomic E-state index is 12.5. The Morgan fingerprint density at radius 1 is 1.24 bits per heavy atom. The molecule has 0 aliphatic rings. The minimum absolute atomic E-state index is 0.0968. The van der Waals surface area contributed by atoms with Gasteiger partial charge < -0.3 is 10.0 Å². The molecule has 0 fully saturated rings. The van der Waals surface area contributed by atoms with E-state index in [2.05, 4.69) is 0 Å². The van der Waals surface area contributed by atoms with Crippen molar-refractivity contribution < 1.29 is 14.7 Å². The number of rotatable bonds is 7. The molecule has 0 saturated carbocycles. The molecule has 0 bridgehead atoms. The Kier molecular flexibility index (Phi) is 6.75. The van der Waals surface area contributed by atoms with Crippen molar-refractivity contribution in [1.82, 2.24) is 4.90 Å². The van der Waals surface area contributed by atoms with E-state index in [0.29, 0.717) is 12.2 Å². The summed E-state index contributed by atoms with van der Waals surface area (Å²) in [5.41, 5.74) is 0.700. The average molecular weight is 289 g/mol. The van der Waals surface area contributed by atoms with Crippen LogP contribution in [0.3, 0.4) is 0 Å². The Balaban J connectivity index is 2.88. The molecule has 0 heterocycles. The van der Waals surface area contributed by atoms with Crippen LogP contribution in [0.15, 0.2) is 30.3 Å². The van der Waals surface area contributed by atoms with Crippen LogP contribution in [-0.4, -0.2) is 41.6 Å². The van der Waals surface area contributed by atoms with E-state index >= 15 is 0 Å². The summed E-state index contributed by atoms with van der Waals surface area (Å²) in [6, 6.07) is 10.8. The number of benzene rings is 1. The molecule has 0 radical (unpaired) electrons. The lowest BCUT2D eigenvalue weighted by Crippen LogP contribution is -2.44. The fourth-order valence-electron chi connectivity index (χ4n) is 1.90. The van der Waals surface area contributed by atoms with Crippen LogP contribution in [0.5, 0.6) is 0 Å². The topological polar surface area (TPSA) is 84.6 Å². The van der Waals surface area contributed by atoms with Crippen molar-refractivity contribution in [3.05, 3.63) is 30.3 Å². The smallest absolute Gasteiger partial charge is 0.324 e. The van der Waals surface area contributed by atoms with Crippen LogP contribution in [0.25, 0.3) is 0 Å². The van der Waals surface area contributed by atoms with Crippen LogP contribution >= 0.6 is 0 Å². The number of urea groups is 1. The van der Waals surface area contributed by atoms with Gasteiger partial charge in [-0.05, 0) is 19.1 Å². The number of amides is 2. The third kappa shape index (κ3) is 5.15. The quantitative estimate of drug-likeness (QED) is 0.834. The number of para-hydroxylation sites is 1. The van der Waals surface area contributed by atoms with Crippen molar-refractivity contribution in [3.63, 3.8) is 0 Å². The molecule has 1 aromatic carbocycles. The monoisotopic (exact) mass is 289 g/mol. The Morgan fingerprint density at radius 3 is 2.43 bits per heavy atom. The van der Waals surface area contributed by atoms with Gasteiger partial charge in [-0.2, -0.15) is 5.26 Å². The van der Waals surface area contributed by atoms with Gasteiger partial charge in [-0.15, -0.1) is 0 Å². The number of carboxylic acid groups (broad SMARTS) is 1. The largest absolute Gasteiger partial charge is 0.481 e. The highest BCUT2D eigenvalue weighted by molar-refractivity contribution is 5.92. The van der Waals surface area contributed by atoms with Crippen molar-refractivity contribution in [2.75, 3.05) is 24.5 Å². The van der Waals surface area contributed by atoms with Crippen molar-refractivity contribution in [2.45, 2.75) is 19.8 Å². The standard InChI is InChI=1S/C15H19N3O3/c1-2-17(12-9-14(19)20)15(21)18(11-6-10-16)13-7-4-3-5-8-13/h3-5,7-8H,2,6,9,11-12H2,1H3,(H,19,20). The SMILES string of the molecule is CCN(CCC(=O)O)C(=O)N(CCC#N)c1ccccc1. The van der Waals surface area contributed by atoms with Crippen LogP contribution in [0, 0.1) is 11.3 Å². The first-order chi connectivity index (χ1) is 10.1. The van der Waals surface area contributed by atoms with Crippen LogP contribution in [0.1, 0.15) is 19.8 Å². The van der Waals surface area contributed by atoms with Gasteiger partial charge in [0.15, 0.2) is 0 Å². The predicted molar refractivity (Wildman–Crippen MR) is 78.9 cm³/mol. The molecule has 2 amide bonds. The van der Waals surface area contributed by atoms with Crippen molar-refractivity contribution in [2.24, 2.45) is 0 Å². The summed E-state index contributed by atoms with van der Waals surface area (Å²) in [6.45, 7) is 2.65. The molecule has 0 aliphatic heterocycles. The fraction of sp³-hybridized carbons (Fsp3) is 0.400. The Labute approximate surface area is 124 Å². The summed E-state index contributed by atoms with van der Waals surface area (Å²) < 4.78 is 0. The van der Waals surface area contributed by atoms with E-state index < -0.39 is 5.97 Å². The van der Waals surface area contributed by atoms with Crippen LogP contribution in [0.2, 0.25) is 0 Å². The van der Waals surface area contributed by atoms with Gasteiger partial charge in [0.05, 0.1) is 18.9 Å². The van der Waals surface area contributed by atoms with Gasteiger partial charge in [0.2, 0.25) is 0 Å². The third-order valence-electron chi connectivity index (χ3n) is 2.99.